The molecule has 4 rings (SSSR count). The summed E-state index contributed by atoms with van der Waals surface area (Å²) in [6.07, 6.45) is 0. The van der Waals surface area contributed by atoms with Gasteiger partial charge in [0.15, 0.2) is 0 Å². The molecule has 0 unspecified atom stereocenters. The van der Waals surface area contributed by atoms with E-state index < -0.39 is 5.54 Å². The van der Waals surface area contributed by atoms with Gasteiger partial charge in [0.1, 0.15) is 23.9 Å². The first-order valence-electron chi connectivity index (χ1n) is 10.1. The highest BCUT2D eigenvalue weighted by Crippen LogP contribution is 2.29. The second-order valence-electron chi connectivity index (χ2n) is 7.54. The molecule has 0 atom stereocenters. The second-order valence-corrected chi connectivity index (χ2v) is 7.54. The van der Waals surface area contributed by atoms with Gasteiger partial charge in [-0.3, -0.25) is 0 Å². The predicted molar refractivity (Wildman–Crippen MR) is 121 cm³/mol. The number of hydrogen-bond donors (Lipinski definition) is 3. The van der Waals surface area contributed by atoms with Gasteiger partial charge in [-0.05, 0) is 64.4 Å². The quantitative estimate of drug-likeness (QED) is 0.398. The first-order valence-corrected chi connectivity index (χ1v) is 10.1. The molecule has 5 nitrogen and oxygen atoms in total. The summed E-state index contributed by atoms with van der Waals surface area (Å²) in [6, 6.07) is 28.9. The van der Waals surface area contributed by atoms with Gasteiger partial charge in [-0.25, -0.2) is 0 Å². The fourth-order valence-corrected chi connectivity index (χ4v) is 3.31. The Bertz CT molecular complexity index is 1140. The molecule has 0 amide bonds. The lowest BCUT2D eigenvalue weighted by Crippen LogP contribution is -2.44. The molecule has 0 spiro atoms. The SMILES string of the molecule is NC(CO)(CO)c1ccc2cc(Oc3ccc(OCc4ccccc4)cc3)ccc2c1. The van der Waals surface area contributed by atoms with E-state index in [0.717, 1.165) is 22.1 Å². The first-order chi connectivity index (χ1) is 15.1. The number of rotatable bonds is 8. The van der Waals surface area contributed by atoms with Crippen molar-refractivity contribution in [3.8, 4) is 17.2 Å². The third-order valence-corrected chi connectivity index (χ3v) is 5.26. The number of nitrogens with two attached hydrogens (primary N) is 1. The molecular formula is C26H25NO4. The lowest BCUT2D eigenvalue weighted by atomic mass is 9.91. The molecule has 0 aromatic heterocycles. The molecule has 4 aromatic carbocycles. The lowest BCUT2D eigenvalue weighted by Gasteiger charge is -2.25. The standard InChI is InChI=1S/C26H25NO4/c27-26(17-28,18-29)22-8-6-21-15-25(9-7-20(21)14-22)31-24-12-10-23(11-13-24)30-16-19-4-2-1-3-5-19/h1-15,28-29H,16-18,27H2. The van der Waals surface area contributed by atoms with Crippen LogP contribution in [0.3, 0.4) is 0 Å². The summed E-state index contributed by atoms with van der Waals surface area (Å²) in [5, 5.41) is 21.0. The van der Waals surface area contributed by atoms with E-state index in [1.54, 1.807) is 0 Å². The van der Waals surface area contributed by atoms with Crippen molar-refractivity contribution in [2.24, 2.45) is 5.73 Å². The fourth-order valence-electron chi connectivity index (χ4n) is 3.31. The van der Waals surface area contributed by atoms with Crippen LogP contribution in [0.2, 0.25) is 0 Å². The molecule has 0 saturated heterocycles. The Morgan fingerprint density at radius 3 is 2.00 bits per heavy atom. The predicted octanol–water partition coefficient (Wildman–Crippen LogP) is 4.35. The van der Waals surface area contributed by atoms with Crippen molar-refractivity contribution in [1.29, 1.82) is 0 Å². The largest absolute Gasteiger partial charge is 0.489 e. The molecule has 31 heavy (non-hydrogen) atoms. The number of benzene rings is 4. The molecule has 0 aliphatic carbocycles. The molecule has 0 heterocycles. The summed E-state index contributed by atoms with van der Waals surface area (Å²) >= 11 is 0. The normalized spacial score (nSPS) is 11.5. The highest BCUT2D eigenvalue weighted by atomic mass is 16.5. The minimum Gasteiger partial charge on any atom is -0.489 e. The third kappa shape index (κ3) is 4.86. The Balaban J connectivity index is 1.44. The molecule has 158 valence electrons. The van der Waals surface area contributed by atoms with E-state index in [1.165, 1.54) is 0 Å². The van der Waals surface area contributed by atoms with Crippen molar-refractivity contribution >= 4 is 10.8 Å². The Kier molecular flexibility index (Phi) is 6.18. The van der Waals surface area contributed by atoms with Crippen molar-refractivity contribution in [3.63, 3.8) is 0 Å². The van der Waals surface area contributed by atoms with Crippen LogP contribution in [-0.2, 0) is 12.1 Å². The zero-order chi connectivity index (χ0) is 21.7. The van der Waals surface area contributed by atoms with E-state index in [2.05, 4.69) is 0 Å². The van der Waals surface area contributed by atoms with Crippen molar-refractivity contribution < 1.29 is 19.7 Å². The topological polar surface area (TPSA) is 84.9 Å². The highest BCUT2D eigenvalue weighted by Gasteiger charge is 2.25. The van der Waals surface area contributed by atoms with Gasteiger partial charge in [0.2, 0.25) is 0 Å². The van der Waals surface area contributed by atoms with Gasteiger partial charge in [0.25, 0.3) is 0 Å². The summed E-state index contributed by atoms with van der Waals surface area (Å²) in [7, 11) is 0. The summed E-state index contributed by atoms with van der Waals surface area (Å²) in [6.45, 7) is -0.146. The van der Waals surface area contributed by atoms with Gasteiger partial charge in [0, 0.05) is 0 Å². The van der Waals surface area contributed by atoms with Crippen LogP contribution < -0.4 is 15.2 Å². The smallest absolute Gasteiger partial charge is 0.128 e. The minimum atomic E-state index is -1.16. The van der Waals surface area contributed by atoms with E-state index in [-0.39, 0.29) is 13.2 Å². The number of ether oxygens (including phenoxy) is 2. The second kappa shape index (κ2) is 9.18. The average Bonchev–Trinajstić information content (AvgIpc) is 2.83. The minimum absolute atomic E-state index is 0.332. The summed E-state index contributed by atoms with van der Waals surface area (Å²) in [5.41, 5.74) is 6.72. The number of fused-ring (bicyclic) bond motifs is 1. The maximum Gasteiger partial charge on any atom is 0.128 e. The molecule has 0 saturated carbocycles. The molecule has 5 heteroatoms. The zero-order valence-electron chi connectivity index (χ0n) is 17.1. The molecule has 4 N–H and O–H groups in total. The van der Waals surface area contributed by atoms with Crippen molar-refractivity contribution in [3.05, 3.63) is 102 Å². The van der Waals surface area contributed by atoms with E-state index in [1.807, 2.05) is 91.0 Å². The van der Waals surface area contributed by atoms with Crippen LogP contribution in [0.25, 0.3) is 10.8 Å². The third-order valence-electron chi connectivity index (χ3n) is 5.26. The van der Waals surface area contributed by atoms with Crippen LogP contribution >= 0.6 is 0 Å². The van der Waals surface area contributed by atoms with Crippen LogP contribution in [0.4, 0.5) is 0 Å². The maximum absolute atomic E-state index is 9.52. The van der Waals surface area contributed by atoms with Gasteiger partial charge in [-0.2, -0.15) is 0 Å². The van der Waals surface area contributed by atoms with E-state index in [4.69, 9.17) is 15.2 Å². The van der Waals surface area contributed by atoms with Crippen LogP contribution in [0.15, 0.2) is 91.0 Å². The molecule has 0 aliphatic rings. The molecule has 0 fully saturated rings. The first kappa shape index (κ1) is 20.9. The summed E-state index contributed by atoms with van der Waals surface area (Å²) in [5.74, 6) is 2.20. The van der Waals surface area contributed by atoms with Gasteiger partial charge < -0.3 is 25.4 Å². The van der Waals surface area contributed by atoms with Gasteiger partial charge in [0.05, 0.1) is 18.8 Å². The lowest BCUT2D eigenvalue weighted by molar-refractivity contribution is 0.121. The fraction of sp³-hybridized carbons (Fsp3) is 0.154. The van der Waals surface area contributed by atoms with Gasteiger partial charge >= 0.3 is 0 Å². The maximum atomic E-state index is 9.52. The van der Waals surface area contributed by atoms with Crippen LogP contribution in [0, 0.1) is 0 Å². The Hall–Kier alpha value is -3.38. The number of aliphatic hydroxyl groups excluding tert-OH is 2. The summed E-state index contributed by atoms with van der Waals surface area (Å²) in [4.78, 5) is 0. The molecule has 4 aromatic rings. The number of hydrogen-bond acceptors (Lipinski definition) is 5. The van der Waals surface area contributed by atoms with E-state index >= 15 is 0 Å². The van der Waals surface area contributed by atoms with Crippen LogP contribution in [-0.4, -0.2) is 23.4 Å². The molecule has 0 bridgehead atoms. The van der Waals surface area contributed by atoms with Crippen molar-refractivity contribution in [2.75, 3.05) is 13.2 Å². The van der Waals surface area contributed by atoms with E-state index in [0.29, 0.717) is 23.7 Å². The summed E-state index contributed by atoms with van der Waals surface area (Å²) < 4.78 is 11.8. The molecule has 0 radical (unpaired) electrons. The highest BCUT2D eigenvalue weighted by molar-refractivity contribution is 5.84. The Morgan fingerprint density at radius 1 is 0.677 bits per heavy atom. The Morgan fingerprint density at radius 2 is 1.29 bits per heavy atom. The number of aliphatic hydroxyl groups is 2. The Labute approximate surface area is 181 Å². The van der Waals surface area contributed by atoms with Gasteiger partial charge in [-0.15, -0.1) is 0 Å². The molecular weight excluding hydrogens is 390 g/mol. The zero-order valence-corrected chi connectivity index (χ0v) is 17.1. The van der Waals surface area contributed by atoms with Crippen LogP contribution in [0.1, 0.15) is 11.1 Å². The van der Waals surface area contributed by atoms with Crippen LogP contribution in [0.5, 0.6) is 17.2 Å². The molecule has 0 aliphatic heterocycles. The van der Waals surface area contributed by atoms with Gasteiger partial charge in [-0.1, -0.05) is 48.5 Å². The van der Waals surface area contributed by atoms with Crippen molar-refractivity contribution in [2.45, 2.75) is 12.1 Å². The van der Waals surface area contributed by atoms with Crippen molar-refractivity contribution in [1.82, 2.24) is 0 Å². The van der Waals surface area contributed by atoms with E-state index in [9.17, 15) is 10.2 Å². The monoisotopic (exact) mass is 415 g/mol. The average molecular weight is 415 g/mol.